The van der Waals surface area contributed by atoms with Gasteiger partial charge in [-0.2, -0.15) is 10.2 Å². The molecule has 100 valence electrons. The molecule has 0 aliphatic rings. The van der Waals surface area contributed by atoms with E-state index in [0.717, 1.165) is 6.20 Å². The number of carbonyl (C=O) groups is 1. The van der Waals surface area contributed by atoms with E-state index in [0.29, 0.717) is 5.82 Å². The minimum Gasteiger partial charge on any atom is -0.345 e. The largest absolute Gasteiger partial charge is 0.345 e. The first-order valence-corrected chi connectivity index (χ1v) is 5.37. The van der Waals surface area contributed by atoms with Crippen LogP contribution in [0.5, 0.6) is 0 Å². The highest BCUT2D eigenvalue weighted by Crippen LogP contribution is 2.08. The predicted molar refractivity (Wildman–Crippen MR) is 61.8 cm³/mol. The third-order valence-corrected chi connectivity index (χ3v) is 2.36. The lowest BCUT2D eigenvalue weighted by molar-refractivity contribution is -0.385. The molecule has 1 atom stereocenters. The number of nitro groups is 1. The van der Waals surface area contributed by atoms with Crippen LogP contribution in [0, 0.1) is 10.1 Å². The molecule has 0 aliphatic heterocycles. The minimum absolute atomic E-state index is 0.105. The zero-order chi connectivity index (χ0) is 13.8. The van der Waals surface area contributed by atoms with Gasteiger partial charge in [0.1, 0.15) is 31.1 Å². The molecule has 0 saturated carbocycles. The Hall–Kier alpha value is -2.78. The molecule has 19 heavy (non-hydrogen) atoms. The SMILES string of the molecule is CC(NC(=O)Cn1cc([N+](=O)[O-])cn1)c1ncn[nH]1. The van der Waals surface area contributed by atoms with Crippen LogP contribution in [0.4, 0.5) is 5.69 Å². The summed E-state index contributed by atoms with van der Waals surface area (Å²) < 4.78 is 1.20. The smallest absolute Gasteiger partial charge is 0.307 e. The Morgan fingerprint density at radius 2 is 2.47 bits per heavy atom. The fraction of sp³-hybridized carbons (Fsp3) is 0.333. The second kappa shape index (κ2) is 5.25. The normalized spacial score (nSPS) is 12.1. The van der Waals surface area contributed by atoms with Crippen molar-refractivity contribution in [1.82, 2.24) is 30.3 Å². The first-order valence-electron chi connectivity index (χ1n) is 5.37. The van der Waals surface area contributed by atoms with Gasteiger partial charge in [0.05, 0.1) is 11.0 Å². The highest BCUT2D eigenvalue weighted by Gasteiger charge is 2.14. The average Bonchev–Trinajstić information content (AvgIpc) is 2.98. The molecular formula is C9H11N7O3. The predicted octanol–water partition coefficient (Wildman–Crippen LogP) is -0.213. The van der Waals surface area contributed by atoms with E-state index in [4.69, 9.17) is 0 Å². The number of hydrogen-bond donors (Lipinski definition) is 2. The number of H-pyrrole nitrogens is 1. The van der Waals surface area contributed by atoms with Crippen molar-refractivity contribution in [3.05, 3.63) is 34.7 Å². The Kier molecular flexibility index (Phi) is 3.50. The van der Waals surface area contributed by atoms with Crippen LogP contribution in [0.1, 0.15) is 18.8 Å². The molecule has 0 saturated heterocycles. The molecule has 10 nitrogen and oxygen atoms in total. The van der Waals surface area contributed by atoms with Crippen molar-refractivity contribution in [3.8, 4) is 0 Å². The summed E-state index contributed by atoms with van der Waals surface area (Å²) in [6.45, 7) is 1.64. The van der Waals surface area contributed by atoms with E-state index < -0.39 is 4.92 Å². The monoisotopic (exact) mass is 265 g/mol. The van der Waals surface area contributed by atoms with Crippen molar-refractivity contribution < 1.29 is 9.72 Å². The van der Waals surface area contributed by atoms with Gasteiger partial charge in [-0.3, -0.25) is 24.7 Å². The lowest BCUT2D eigenvalue weighted by Crippen LogP contribution is -2.30. The van der Waals surface area contributed by atoms with Crippen LogP contribution >= 0.6 is 0 Å². The lowest BCUT2D eigenvalue weighted by Gasteiger charge is -2.10. The molecule has 0 radical (unpaired) electrons. The van der Waals surface area contributed by atoms with E-state index in [1.165, 1.54) is 17.2 Å². The number of carbonyl (C=O) groups excluding carboxylic acids is 1. The Bertz CT molecular complexity index is 576. The molecule has 1 amide bonds. The molecule has 2 N–H and O–H groups in total. The molecular weight excluding hydrogens is 254 g/mol. The molecule has 1 unspecified atom stereocenters. The first kappa shape index (κ1) is 12.7. The van der Waals surface area contributed by atoms with Gasteiger partial charge in [0.25, 0.3) is 0 Å². The number of rotatable bonds is 5. The van der Waals surface area contributed by atoms with Gasteiger partial charge in [-0.05, 0) is 6.92 Å². The summed E-state index contributed by atoms with van der Waals surface area (Å²) in [6.07, 6.45) is 3.63. The number of amides is 1. The van der Waals surface area contributed by atoms with E-state index >= 15 is 0 Å². The maximum Gasteiger partial charge on any atom is 0.307 e. The van der Waals surface area contributed by atoms with Gasteiger partial charge in [-0.15, -0.1) is 0 Å². The summed E-state index contributed by atoms with van der Waals surface area (Å²) in [7, 11) is 0. The molecule has 2 aromatic heterocycles. The highest BCUT2D eigenvalue weighted by molar-refractivity contribution is 5.76. The summed E-state index contributed by atoms with van der Waals surface area (Å²) in [5.41, 5.74) is -0.156. The topological polar surface area (TPSA) is 132 Å². The summed E-state index contributed by atoms with van der Waals surface area (Å²) in [5, 5.41) is 23.2. The fourth-order valence-corrected chi connectivity index (χ4v) is 1.46. The van der Waals surface area contributed by atoms with Gasteiger partial charge < -0.3 is 5.32 Å². The molecule has 0 fully saturated rings. The third kappa shape index (κ3) is 3.12. The maximum atomic E-state index is 11.7. The van der Waals surface area contributed by atoms with Crippen molar-refractivity contribution in [2.45, 2.75) is 19.5 Å². The van der Waals surface area contributed by atoms with E-state index in [1.54, 1.807) is 6.92 Å². The van der Waals surface area contributed by atoms with Crippen LogP contribution in [0.2, 0.25) is 0 Å². The van der Waals surface area contributed by atoms with Crippen LogP contribution in [0.25, 0.3) is 0 Å². The Balaban J connectivity index is 1.92. The zero-order valence-electron chi connectivity index (χ0n) is 9.98. The molecule has 0 aromatic carbocycles. The van der Waals surface area contributed by atoms with Crippen LogP contribution in [0.15, 0.2) is 18.7 Å². The average molecular weight is 265 g/mol. The molecule has 10 heteroatoms. The third-order valence-electron chi connectivity index (χ3n) is 2.36. The zero-order valence-corrected chi connectivity index (χ0v) is 9.98. The summed E-state index contributed by atoms with van der Waals surface area (Å²) in [5.74, 6) is 0.196. The van der Waals surface area contributed by atoms with Gasteiger partial charge in [0.2, 0.25) is 5.91 Å². The van der Waals surface area contributed by atoms with Crippen molar-refractivity contribution >= 4 is 11.6 Å². The number of nitrogens with zero attached hydrogens (tertiary/aromatic N) is 5. The molecule has 0 aliphatic carbocycles. The Morgan fingerprint density at radius 3 is 3.05 bits per heavy atom. The molecule has 2 rings (SSSR count). The van der Waals surface area contributed by atoms with Crippen molar-refractivity contribution in [2.24, 2.45) is 0 Å². The van der Waals surface area contributed by atoms with Crippen LogP contribution < -0.4 is 5.32 Å². The van der Waals surface area contributed by atoms with Crippen molar-refractivity contribution in [1.29, 1.82) is 0 Å². The van der Waals surface area contributed by atoms with Crippen molar-refractivity contribution in [2.75, 3.05) is 0 Å². The molecule has 0 bridgehead atoms. The standard InChI is InChI=1S/C9H11N7O3/c1-6(9-10-5-11-14-9)13-8(17)4-15-3-7(2-12-15)16(18)19/h2-3,5-6H,4H2,1H3,(H,13,17)(H,10,11,14). The summed E-state index contributed by atoms with van der Waals surface area (Å²) in [6, 6.07) is -0.333. The van der Waals surface area contributed by atoms with Crippen molar-refractivity contribution in [3.63, 3.8) is 0 Å². The minimum atomic E-state index is -0.571. The maximum absolute atomic E-state index is 11.7. The quantitative estimate of drug-likeness (QED) is 0.567. The van der Waals surface area contributed by atoms with Gasteiger partial charge in [0, 0.05) is 0 Å². The van der Waals surface area contributed by atoms with Gasteiger partial charge in [-0.1, -0.05) is 0 Å². The van der Waals surface area contributed by atoms with E-state index in [1.807, 2.05) is 0 Å². The second-order valence-corrected chi connectivity index (χ2v) is 3.81. The molecule has 2 heterocycles. The second-order valence-electron chi connectivity index (χ2n) is 3.81. The fourth-order valence-electron chi connectivity index (χ4n) is 1.46. The Labute approximate surface area is 107 Å². The lowest BCUT2D eigenvalue weighted by atomic mass is 10.3. The molecule has 0 spiro atoms. The number of hydrogen-bond acceptors (Lipinski definition) is 6. The highest BCUT2D eigenvalue weighted by atomic mass is 16.6. The number of nitrogens with one attached hydrogen (secondary N) is 2. The number of aromatic nitrogens is 5. The van der Waals surface area contributed by atoms with Gasteiger partial charge in [0.15, 0.2) is 0 Å². The summed E-state index contributed by atoms with van der Waals surface area (Å²) in [4.78, 5) is 25.5. The van der Waals surface area contributed by atoms with Gasteiger partial charge >= 0.3 is 5.69 Å². The van der Waals surface area contributed by atoms with Crippen LogP contribution in [0.3, 0.4) is 0 Å². The van der Waals surface area contributed by atoms with Crippen LogP contribution in [-0.2, 0) is 11.3 Å². The van der Waals surface area contributed by atoms with E-state index in [2.05, 4.69) is 25.6 Å². The van der Waals surface area contributed by atoms with E-state index in [-0.39, 0.29) is 24.2 Å². The van der Waals surface area contributed by atoms with Crippen LogP contribution in [-0.4, -0.2) is 35.8 Å². The molecule has 2 aromatic rings. The Morgan fingerprint density at radius 1 is 1.68 bits per heavy atom. The van der Waals surface area contributed by atoms with E-state index in [9.17, 15) is 14.9 Å². The summed E-state index contributed by atoms with van der Waals surface area (Å²) >= 11 is 0. The first-order chi connectivity index (χ1) is 9.06. The number of aromatic amines is 1. The van der Waals surface area contributed by atoms with Gasteiger partial charge in [-0.25, -0.2) is 4.98 Å².